The monoisotopic (exact) mass is 483 g/mol. The largest absolute Gasteiger partial charge is 0.301 e. The van der Waals surface area contributed by atoms with Crippen LogP contribution >= 0.6 is 22.7 Å². The van der Waals surface area contributed by atoms with Gasteiger partial charge in [0.15, 0.2) is 10.3 Å². The first-order chi connectivity index (χ1) is 15.7. The van der Waals surface area contributed by atoms with E-state index in [1.165, 1.54) is 28.2 Å². The van der Waals surface area contributed by atoms with Crippen LogP contribution in [0.4, 0.5) is 10.3 Å². The first-order valence-electron chi connectivity index (χ1n) is 11.0. The Bertz CT molecular complexity index is 1130. The molecular formula is C24H29N5O2S2. The molecule has 0 aliphatic carbocycles. The van der Waals surface area contributed by atoms with Gasteiger partial charge in [-0.05, 0) is 49.4 Å². The van der Waals surface area contributed by atoms with Crippen molar-refractivity contribution >= 4 is 44.8 Å². The predicted molar refractivity (Wildman–Crippen MR) is 134 cm³/mol. The first-order valence-corrected chi connectivity index (χ1v) is 12.7. The molecule has 7 nitrogen and oxygen atoms in total. The molecule has 0 radical (unpaired) electrons. The lowest BCUT2D eigenvalue weighted by Crippen LogP contribution is -2.33. The van der Waals surface area contributed by atoms with Crippen LogP contribution in [0.25, 0.3) is 0 Å². The van der Waals surface area contributed by atoms with Crippen molar-refractivity contribution < 1.29 is 9.59 Å². The molecule has 33 heavy (non-hydrogen) atoms. The SMILES string of the molecule is Cc1cnc(NC(=O)CN2CCC[C@H]2c2csc(NC(=O)c3ccc(C(C)(C)C)cc3)n2)s1. The molecule has 2 aromatic heterocycles. The Morgan fingerprint density at radius 2 is 1.91 bits per heavy atom. The van der Waals surface area contributed by atoms with Crippen LogP contribution in [0.3, 0.4) is 0 Å². The van der Waals surface area contributed by atoms with Crippen LogP contribution in [0.1, 0.15) is 66.1 Å². The van der Waals surface area contributed by atoms with E-state index in [9.17, 15) is 9.59 Å². The number of anilines is 2. The zero-order valence-corrected chi connectivity index (χ0v) is 21.0. The number of aryl methyl sites for hydroxylation is 1. The van der Waals surface area contributed by atoms with Crippen LogP contribution < -0.4 is 10.6 Å². The molecule has 3 heterocycles. The van der Waals surface area contributed by atoms with Crippen LogP contribution in [0, 0.1) is 6.92 Å². The average Bonchev–Trinajstić information content (AvgIpc) is 3.49. The Kier molecular flexibility index (Phi) is 6.92. The van der Waals surface area contributed by atoms with E-state index in [0.717, 1.165) is 30.0 Å². The van der Waals surface area contributed by atoms with Gasteiger partial charge in [0, 0.05) is 22.0 Å². The molecular weight excluding hydrogens is 454 g/mol. The van der Waals surface area contributed by atoms with Crippen molar-refractivity contribution in [3.05, 3.63) is 57.5 Å². The summed E-state index contributed by atoms with van der Waals surface area (Å²) in [6.07, 6.45) is 3.70. The van der Waals surface area contributed by atoms with Crippen LogP contribution in [0.2, 0.25) is 0 Å². The van der Waals surface area contributed by atoms with Crippen molar-refractivity contribution in [2.24, 2.45) is 0 Å². The lowest BCUT2D eigenvalue weighted by atomic mass is 9.87. The molecule has 1 aliphatic rings. The fourth-order valence-electron chi connectivity index (χ4n) is 3.89. The number of hydrogen-bond acceptors (Lipinski definition) is 7. The molecule has 0 bridgehead atoms. The number of rotatable bonds is 6. The van der Waals surface area contributed by atoms with Gasteiger partial charge < -0.3 is 5.32 Å². The summed E-state index contributed by atoms with van der Waals surface area (Å²) in [6, 6.07) is 7.77. The Morgan fingerprint density at radius 1 is 1.15 bits per heavy atom. The van der Waals surface area contributed by atoms with Crippen LogP contribution in [0.5, 0.6) is 0 Å². The minimum atomic E-state index is -0.169. The summed E-state index contributed by atoms with van der Waals surface area (Å²) in [4.78, 5) is 37.2. The molecule has 1 fully saturated rings. The second-order valence-electron chi connectivity index (χ2n) is 9.31. The van der Waals surface area contributed by atoms with E-state index in [0.29, 0.717) is 22.4 Å². The molecule has 3 aromatic rings. The van der Waals surface area contributed by atoms with Gasteiger partial charge in [-0.3, -0.25) is 19.8 Å². The number of nitrogens with zero attached hydrogens (tertiary/aromatic N) is 3. The Morgan fingerprint density at radius 3 is 2.58 bits per heavy atom. The molecule has 2 amide bonds. The second kappa shape index (κ2) is 9.70. The second-order valence-corrected chi connectivity index (χ2v) is 11.4. The van der Waals surface area contributed by atoms with Gasteiger partial charge in [0.2, 0.25) is 5.91 Å². The van der Waals surface area contributed by atoms with E-state index in [4.69, 9.17) is 0 Å². The maximum absolute atomic E-state index is 12.7. The lowest BCUT2D eigenvalue weighted by molar-refractivity contribution is -0.117. The van der Waals surface area contributed by atoms with Gasteiger partial charge in [-0.15, -0.1) is 22.7 Å². The number of nitrogens with one attached hydrogen (secondary N) is 2. The van der Waals surface area contributed by atoms with E-state index >= 15 is 0 Å². The van der Waals surface area contributed by atoms with Gasteiger partial charge in [0.25, 0.3) is 5.91 Å². The lowest BCUT2D eigenvalue weighted by Gasteiger charge is -2.22. The first kappa shape index (κ1) is 23.5. The third-order valence-electron chi connectivity index (χ3n) is 5.67. The van der Waals surface area contributed by atoms with E-state index in [-0.39, 0.29) is 23.3 Å². The Labute approximate surface area is 202 Å². The van der Waals surface area contributed by atoms with Crippen LogP contribution in [-0.4, -0.2) is 39.8 Å². The Hall–Kier alpha value is -2.62. The van der Waals surface area contributed by atoms with Gasteiger partial charge in [-0.25, -0.2) is 9.97 Å². The molecule has 9 heteroatoms. The highest BCUT2D eigenvalue weighted by Crippen LogP contribution is 2.33. The summed E-state index contributed by atoms with van der Waals surface area (Å²) in [6.45, 7) is 9.54. The van der Waals surface area contributed by atoms with Crippen LogP contribution in [0.15, 0.2) is 35.8 Å². The van der Waals surface area contributed by atoms with E-state index in [1.54, 1.807) is 6.20 Å². The molecule has 1 saturated heterocycles. The van der Waals surface area contributed by atoms with Crippen molar-refractivity contribution in [3.63, 3.8) is 0 Å². The number of amides is 2. The number of benzene rings is 1. The molecule has 0 spiro atoms. The number of carbonyl (C=O) groups excluding carboxylic acids is 2. The zero-order chi connectivity index (χ0) is 23.6. The maximum atomic E-state index is 12.7. The highest BCUT2D eigenvalue weighted by molar-refractivity contribution is 7.15. The smallest absolute Gasteiger partial charge is 0.257 e. The van der Waals surface area contributed by atoms with Gasteiger partial charge in [-0.1, -0.05) is 32.9 Å². The van der Waals surface area contributed by atoms with Crippen molar-refractivity contribution in [2.75, 3.05) is 23.7 Å². The standard InChI is InChI=1S/C24H29N5O2S2/c1-15-12-25-22(33-15)27-20(30)13-29-11-5-6-19(29)18-14-32-23(26-18)28-21(31)16-7-9-17(10-8-16)24(2,3)4/h7-10,12,14,19H,5-6,11,13H2,1-4H3,(H,25,27,30)(H,26,28,31)/t19-/m0/s1. The van der Waals surface area contributed by atoms with Gasteiger partial charge in [0.05, 0.1) is 18.3 Å². The van der Waals surface area contributed by atoms with Crippen molar-refractivity contribution in [2.45, 2.75) is 52.0 Å². The minimum absolute atomic E-state index is 0.0441. The third kappa shape index (κ3) is 5.85. The number of likely N-dealkylation sites (tertiary alicyclic amines) is 1. The van der Waals surface area contributed by atoms with E-state index in [1.807, 2.05) is 36.6 Å². The molecule has 0 unspecified atom stereocenters. The zero-order valence-electron chi connectivity index (χ0n) is 19.3. The summed E-state index contributed by atoms with van der Waals surface area (Å²) in [5.41, 5.74) is 2.73. The predicted octanol–water partition coefficient (Wildman–Crippen LogP) is 5.23. The van der Waals surface area contributed by atoms with Gasteiger partial charge >= 0.3 is 0 Å². The topological polar surface area (TPSA) is 87.2 Å². The minimum Gasteiger partial charge on any atom is -0.301 e. The number of carbonyl (C=O) groups is 2. The maximum Gasteiger partial charge on any atom is 0.257 e. The molecule has 2 N–H and O–H groups in total. The fourth-order valence-corrected chi connectivity index (χ4v) is 5.33. The quantitative estimate of drug-likeness (QED) is 0.501. The molecule has 1 aromatic carbocycles. The third-order valence-corrected chi connectivity index (χ3v) is 7.28. The summed E-state index contributed by atoms with van der Waals surface area (Å²) >= 11 is 2.88. The van der Waals surface area contributed by atoms with E-state index < -0.39 is 0 Å². The highest BCUT2D eigenvalue weighted by Gasteiger charge is 2.30. The van der Waals surface area contributed by atoms with Gasteiger partial charge in [0.1, 0.15) is 0 Å². The average molecular weight is 484 g/mol. The number of hydrogen-bond donors (Lipinski definition) is 2. The normalized spacial score (nSPS) is 16.7. The highest BCUT2D eigenvalue weighted by atomic mass is 32.1. The summed E-state index contributed by atoms with van der Waals surface area (Å²) in [5.74, 6) is -0.239. The Balaban J connectivity index is 1.36. The van der Waals surface area contributed by atoms with Crippen LogP contribution in [-0.2, 0) is 10.2 Å². The van der Waals surface area contributed by atoms with Crippen molar-refractivity contribution in [1.82, 2.24) is 14.9 Å². The summed E-state index contributed by atoms with van der Waals surface area (Å²) in [5, 5.41) is 8.97. The van der Waals surface area contributed by atoms with E-state index in [2.05, 4.69) is 46.3 Å². The summed E-state index contributed by atoms with van der Waals surface area (Å²) < 4.78 is 0. The van der Waals surface area contributed by atoms with Gasteiger partial charge in [-0.2, -0.15) is 0 Å². The molecule has 1 atom stereocenters. The summed E-state index contributed by atoms with van der Waals surface area (Å²) in [7, 11) is 0. The molecule has 0 saturated carbocycles. The number of thiazole rings is 2. The van der Waals surface area contributed by atoms with Crippen molar-refractivity contribution in [3.8, 4) is 0 Å². The molecule has 4 rings (SSSR count). The molecule has 174 valence electrons. The number of aromatic nitrogens is 2. The molecule has 1 aliphatic heterocycles. The fraction of sp³-hybridized carbons (Fsp3) is 0.417. The van der Waals surface area contributed by atoms with Crippen molar-refractivity contribution in [1.29, 1.82) is 0 Å².